The molecule has 38 heavy (non-hydrogen) atoms. The van der Waals surface area contributed by atoms with E-state index in [1.807, 2.05) is 25.1 Å². The van der Waals surface area contributed by atoms with Crippen LogP contribution in [0.15, 0.2) is 42.5 Å². The third-order valence-electron chi connectivity index (χ3n) is 6.75. The fraction of sp³-hybridized carbons (Fsp3) is 0.444. The lowest BCUT2D eigenvalue weighted by Crippen LogP contribution is -2.47. The first-order valence-corrected chi connectivity index (χ1v) is 12.5. The number of carboxylic acids is 2. The van der Waals surface area contributed by atoms with Gasteiger partial charge in [-0.1, -0.05) is 24.1 Å². The topological polar surface area (TPSA) is 110 Å². The van der Waals surface area contributed by atoms with Gasteiger partial charge in [0.25, 0.3) is 5.91 Å². The van der Waals surface area contributed by atoms with Gasteiger partial charge in [-0.25, -0.2) is 9.59 Å². The fourth-order valence-corrected chi connectivity index (χ4v) is 4.72. The average Bonchev–Trinajstić information content (AvgIpc) is 2.89. The van der Waals surface area contributed by atoms with Gasteiger partial charge in [-0.05, 0) is 76.0 Å². The standard InChI is InChI=1S/C25H31N3O3.C2HF3O2/c1-18-5-7-19(8-6-18)24(29)26-20-9-10-23(22(17-20)25(30)31)28-15-11-21(12-16-28)27-13-3-2-4-14-27;3-2(4,5)1(6)7/h5-10,17,21H,2-4,11-16H2,1H3,(H,26,29)(H,30,31);(H,6,7). The summed E-state index contributed by atoms with van der Waals surface area (Å²) < 4.78 is 31.7. The Morgan fingerprint density at radius 1 is 0.895 bits per heavy atom. The molecule has 3 N–H and O–H groups in total. The summed E-state index contributed by atoms with van der Waals surface area (Å²) in [4.78, 5) is 38.2. The zero-order chi connectivity index (χ0) is 27.9. The Labute approximate surface area is 219 Å². The van der Waals surface area contributed by atoms with E-state index in [-0.39, 0.29) is 11.5 Å². The van der Waals surface area contributed by atoms with Crippen molar-refractivity contribution in [3.63, 3.8) is 0 Å². The molecule has 0 bridgehead atoms. The molecule has 0 aliphatic carbocycles. The molecule has 206 valence electrons. The normalized spacial score (nSPS) is 16.8. The highest BCUT2D eigenvalue weighted by Gasteiger charge is 2.38. The smallest absolute Gasteiger partial charge is 0.478 e. The number of aliphatic carboxylic acids is 1. The van der Waals surface area contributed by atoms with Gasteiger partial charge >= 0.3 is 18.1 Å². The number of hydrogen-bond donors (Lipinski definition) is 3. The zero-order valence-electron chi connectivity index (χ0n) is 21.1. The summed E-state index contributed by atoms with van der Waals surface area (Å²) in [5, 5.41) is 19.8. The molecule has 2 heterocycles. The number of carboxylic acid groups (broad SMARTS) is 2. The first-order chi connectivity index (χ1) is 18.0. The molecule has 4 rings (SSSR count). The van der Waals surface area contributed by atoms with Crippen LogP contribution in [0.25, 0.3) is 0 Å². The van der Waals surface area contributed by atoms with Crippen LogP contribution in [0.4, 0.5) is 24.5 Å². The summed E-state index contributed by atoms with van der Waals surface area (Å²) in [6.07, 6.45) is 0.957. The van der Waals surface area contributed by atoms with E-state index in [2.05, 4.69) is 15.1 Å². The maximum absolute atomic E-state index is 12.5. The Kier molecular flexibility index (Phi) is 9.73. The van der Waals surface area contributed by atoms with Gasteiger partial charge in [0.2, 0.25) is 0 Å². The molecule has 8 nitrogen and oxygen atoms in total. The molecule has 11 heteroatoms. The van der Waals surface area contributed by atoms with Crippen LogP contribution in [0.1, 0.15) is 58.4 Å². The van der Waals surface area contributed by atoms with Crippen LogP contribution in [0.3, 0.4) is 0 Å². The van der Waals surface area contributed by atoms with E-state index >= 15 is 0 Å². The number of alkyl halides is 3. The summed E-state index contributed by atoms with van der Waals surface area (Å²) >= 11 is 0. The Morgan fingerprint density at radius 3 is 2.00 bits per heavy atom. The number of rotatable bonds is 5. The molecule has 2 aliphatic rings. The number of anilines is 2. The van der Waals surface area contributed by atoms with Crippen LogP contribution in [0, 0.1) is 6.92 Å². The lowest BCUT2D eigenvalue weighted by molar-refractivity contribution is -0.192. The molecule has 2 aromatic rings. The van der Waals surface area contributed by atoms with Gasteiger partial charge in [-0.15, -0.1) is 0 Å². The molecule has 0 aromatic heterocycles. The van der Waals surface area contributed by atoms with Crippen LogP contribution in [-0.2, 0) is 4.79 Å². The van der Waals surface area contributed by atoms with Crippen LogP contribution >= 0.6 is 0 Å². The highest BCUT2D eigenvalue weighted by molar-refractivity contribution is 6.05. The number of nitrogens with zero attached hydrogens (tertiary/aromatic N) is 2. The average molecular weight is 536 g/mol. The second-order valence-electron chi connectivity index (χ2n) is 9.47. The molecule has 0 spiro atoms. The number of aryl methyl sites for hydroxylation is 1. The highest BCUT2D eigenvalue weighted by atomic mass is 19.4. The van der Waals surface area contributed by atoms with Gasteiger partial charge in [-0.2, -0.15) is 13.2 Å². The first kappa shape index (κ1) is 29.0. The number of halogens is 3. The van der Waals surface area contributed by atoms with Crippen molar-refractivity contribution < 1.29 is 37.8 Å². The van der Waals surface area contributed by atoms with Gasteiger partial charge in [0.1, 0.15) is 0 Å². The summed E-state index contributed by atoms with van der Waals surface area (Å²) in [6, 6.07) is 13.1. The number of nitrogens with one attached hydrogen (secondary N) is 1. The third kappa shape index (κ3) is 7.95. The Bertz CT molecular complexity index is 1120. The Balaban J connectivity index is 0.000000505. The van der Waals surface area contributed by atoms with Gasteiger partial charge in [0, 0.05) is 30.4 Å². The fourth-order valence-electron chi connectivity index (χ4n) is 4.72. The minimum Gasteiger partial charge on any atom is -0.478 e. The Morgan fingerprint density at radius 2 is 1.47 bits per heavy atom. The van der Waals surface area contributed by atoms with Gasteiger partial charge < -0.3 is 25.3 Å². The van der Waals surface area contributed by atoms with Crippen LogP contribution in [0.2, 0.25) is 0 Å². The molecule has 0 atom stereocenters. The molecule has 0 unspecified atom stereocenters. The predicted octanol–water partition coefficient (Wildman–Crippen LogP) is 5.03. The van der Waals surface area contributed by atoms with Crippen molar-refractivity contribution in [1.82, 2.24) is 4.90 Å². The van der Waals surface area contributed by atoms with Gasteiger partial charge in [0.15, 0.2) is 0 Å². The van der Waals surface area contributed by atoms with E-state index in [0.717, 1.165) is 37.2 Å². The minimum atomic E-state index is -5.08. The quantitative estimate of drug-likeness (QED) is 0.492. The summed E-state index contributed by atoms with van der Waals surface area (Å²) in [7, 11) is 0. The highest BCUT2D eigenvalue weighted by Crippen LogP contribution is 2.29. The van der Waals surface area contributed by atoms with Gasteiger partial charge in [0.05, 0.1) is 11.3 Å². The van der Waals surface area contributed by atoms with Crippen LogP contribution in [-0.4, -0.2) is 71.4 Å². The number of piperidine rings is 2. The Hall–Kier alpha value is -3.60. The van der Waals surface area contributed by atoms with Crippen LogP contribution in [0.5, 0.6) is 0 Å². The van der Waals surface area contributed by atoms with Crippen molar-refractivity contribution >= 4 is 29.2 Å². The summed E-state index contributed by atoms with van der Waals surface area (Å²) in [6.45, 7) is 6.07. The molecule has 2 saturated heterocycles. The van der Waals surface area contributed by atoms with Gasteiger partial charge in [-0.3, -0.25) is 4.79 Å². The SMILES string of the molecule is Cc1ccc(C(=O)Nc2ccc(N3CCC(N4CCCCC4)CC3)c(C(=O)O)c2)cc1.O=C(O)C(F)(F)F. The molecule has 0 saturated carbocycles. The van der Waals surface area contributed by atoms with E-state index in [1.165, 1.54) is 32.4 Å². The monoisotopic (exact) mass is 535 g/mol. The van der Waals surface area contributed by atoms with Crippen molar-refractivity contribution in [2.75, 3.05) is 36.4 Å². The van der Waals surface area contributed by atoms with Crippen molar-refractivity contribution in [3.8, 4) is 0 Å². The number of carbonyl (C=O) groups is 3. The lowest BCUT2D eigenvalue weighted by atomic mass is 9.98. The lowest BCUT2D eigenvalue weighted by Gasteiger charge is -2.41. The molecule has 2 aromatic carbocycles. The van der Waals surface area contributed by atoms with Crippen molar-refractivity contribution in [3.05, 3.63) is 59.2 Å². The van der Waals surface area contributed by atoms with Crippen LogP contribution < -0.4 is 10.2 Å². The largest absolute Gasteiger partial charge is 0.490 e. The first-order valence-electron chi connectivity index (χ1n) is 12.5. The number of hydrogen-bond acceptors (Lipinski definition) is 5. The van der Waals surface area contributed by atoms with E-state index in [0.29, 0.717) is 17.3 Å². The molecule has 0 radical (unpaired) electrons. The van der Waals surface area contributed by atoms with E-state index in [1.54, 1.807) is 24.3 Å². The number of carbonyl (C=O) groups excluding carboxylic acids is 1. The molecule has 2 aliphatic heterocycles. The molecule has 1 amide bonds. The second kappa shape index (κ2) is 12.8. The van der Waals surface area contributed by atoms with E-state index in [9.17, 15) is 27.9 Å². The number of benzene rings is 2. The van der Waals surface area contributed by atoms with Crippen molar-refractivity contribution in [1.29, 1.82) is 0 Å². The van der Waals surface area contributed by atoms with E-state index < -0.39 is 18.1 Å². The summed E-state index contributed by atoms with van der Waals surface area (Å²) in [5.41, 5.74) is 3.09. The third-order valence-corrected chi connectivity index (χ3v) is 6.75. The minimum absolute atomic E-state index is 0.234. The van der Waals surface area contributed by atoms with E-state index in [4.69, 9.17) is 9.90 Å². The second-order valence-corrected chi connectivity index (χ2v) is 9.47. The molecule has 2 fully saturated rings. The van der Waals surface area contributed by atoms with Crippen molar-refractivity contribution in [2.24, 2.45) is 0 Å². The zero-order valence-corrected chi connectivity index (χ0v) is 21.1. The molecular formula is C27H32F3N3O5. The van der Waals surface area contributed by atoms with Crippen molar-refractivity contribution in [2.45, 2.75) is 51.2 Å². The number of amides is 1. The number of aromatic carboxylic acids is 1. The predicted molar refractivity (Wildman–Crippen MR) is 137 cm³/mol. The summed E-state index contributed by atoms with van der Waals surface area (Å²) in [5.74, 6) is -3.97. The molecular weight excluding hydrogens is 503 g/mol. The number of likely N-dealkylation sites (tertiary alicyclic amines) is 1. The maximum atomic E-state index is 12.5. The maximum Gasteiger partial charge on any atom is 0.490 e.